The predicted molar refractivity (Wildman–Crippen MR) is 459 cm³/mol. The highest BCUT2D eigenvalue weighted by Gasteiger charge is 2.64. The van der Waals surface area contributed by atoms with Gasteiger partial charge in [0.15, 0.2) is 25.2 Å². The van der Waals surface area contributed by atoms with Gasteiger partial charge >= 0.3 is 11.9 Å². The molecule has 6 saturated heterocycles. The molecule has 24 N–H and O–H groups in total. The van der Waals surface area contributed by atoms with E-state index in [1.54, 1.807) is 6.08 Å². The van der Waals surface area contributed by atoms with E-state index >= 15 is 0 Å². The SMILES string of the molecule is CCCCCCCCCCCCCC=CC(O)C(COC1OC(CO)C(OC2OC(CO)C(OC3OC(CO)C(O)C(OC4OC(CO)C(O)C(OC5(C(=O)O)CC(O)C(NC(C)=O)C(C(O)C(O)CO)O5)C4O)C3CC(C)=O)C(OC3(C(=O)O)CC(O)C(NC(C)=O)C(C(O)C(O)CO)O3)C2O)C(O)C1O)NC(=O)CCCCCCCCCCCCCCCCCCCCC. The maximum atomic E-state index is 14.1. The van der Waals surface area contributed by atoms with Crippen molar-refractivity contribution in [1.29, 1.82) is 0 Å². The fraction of sp³-hybridized carbons (Fsp3) is 0.910. The monoisotopic (exact) mass is 1890 g/mol. The van der Waals surface area contributed by atoms with Crippen LogP contribution in [0.1, 0.15) is 259 Å². The van der Waals surface area contributed by atoms with E-state index in [1.807, 2.05) is 0 Å². The first-order chi connectivity index (χ1) is 62.6. The molecule has 3 amide bonds. The van der Waals surface area contributed by atoms with E-state index in [2.05, 4.69) is 29.8 Å². The second-order valence-corrected chi connectivity index (χ2v) is 36.0. The molecule has 0 aliphatic carbocycles. The standard InChI is InChI=1S/C89H157N3O39/c1-6-8-10-12-14-16-18-20-21-22-23-24-25-27-29-31-33-35-37-39-64(107)92-54(55(102)38-36-34-32-30-28-26-19-17-15-13-11-9-7-2)49-120-83-72(113)71(112)76(62(47-97)123-83)126-85-74(115)81(131-89(87(118)119)42-57(104)66(91-52(5)101)79(129-89)68(109)59(106)44-94)77(63(48-98)124-85)127-82-53(40-50(3)99)75(69(110)60(45-95)121-82)125-84-73(114)80(70(111)61(46-96)122-84)130-88(86(116)117)41-56(103)65(90-51(4)100)78(128-88)67(108)58(105)43-93/h36,38,53-63,65-85,93-98,102-106,108-115H,6-35,37,39-49H2,1-5H3,(H,90,100)(H,91,101)(H,92,107)(H,116,117)(H,118,119). The van der Waals surface area contributed by atoms with Crippen LogP contribution in [0.2, 0.25) is 0 Å². The fourth-order valence-corrected chi connectivity index (χ4v) is 17.9. The number of ketones is 1. The molecule has 0 saturated carbocycles. The number of carboxylic acids is 2. The van der Waals surface area contributed by atoms with Crippen molar-refractivity contribution in [3.05, 3.63) is 12.2 Å². The number of hydrogen-bond donors (Lipinski definition) is 24. The van der Waals surface area contributed by atoms with Crippen molar-refractivity contribution in [3.8, 4) is 0 Å². The first-order valence-corrected chi connectivity index (χ1v) is 47.4. The molecule has 34 atom stereocenters. The minimum Gasteiger partial charge on any atom is -0.477 e. The van der Waals surface area contributed by atoms with E-state index in [4.69, 9.17) is 56.8 Å². The van der Waals surface area contributed by atoms with Gasteiger partial charge in [0.05, 0.1) is 88.8 Å². The number of hydrogen-bond acceptors (Lipinski definition) is 37. The van der Waals surface area contributed by atoms with Crippen LogP contribution in [-0.4, -0.2) is 390 Å². The van der Waals surface area contributed by atoms with Gasteiger partial charge < -0.3 is 185 Å². The van der Waals surface area contributed by atoms with Crippen LogP contribution in [0.25, 0.3) is 0 Å². The molecule has 6 aliphatic heterocycles. The highest BCUT2D eigenvalue weighted by molar-refractivity contribution is 5.78. The maximum Gasteiger partial charge on any atom is 0.364 e. The van der Waals surface area contributed by atoms with Gasteiger partial charge in [0.1, 0.15) is 128 Å². The Bertz CT molecular complexity index is 3270. The largest absolute Gasteiger partial charge is 0.477 e. The smallest absolute Gasteiger partial charge is 0.364 e. The van der Waals surface area contributed by atoms with Crippen LogP contribution in [0.5, 0.6) is 0 Å². The molecule has 0 spiro atoms. The van der Waals surface area contributed by atoms with Crippen LogP contribution < -0.4 is 16.0 Å². The van der Waals surface area contributed by atoms with Crippen LogP contribution in [0, 0.1) is 5.92 Å². The summed E-state index contributed by atoms with van der Waals surface area (Å²) in [5.41, 5.74) is 0. The Kier molecular flexibility index (Phi) is 52.5. The van der Waals surface area contributed by atoms with Gasteiger partial charge in [0.25, 0.3) is 11.6 Å². The number of amides is 3. The summed E-state index contributed by atoms with van der Waals surface area (Å²) in [6, 6.07) is -4.77. The lowest BCUT2D eigenvalue weighted by Gasteiger charge is -2.53. The van der Waals surface area contributed by atoms with Gasteiger partial charge in [-0.15, -0.1) is 0 Å². The molecule has 42 heteroatoms. The number of aliphatic carboxylic acids is 2. The van der Waals surface area contributed by atoms with Gasteiger partial charge in [-0.2, -0.15) is 0 Å². The zero-order chi connectivity index (χ0) is 96.7. The Morgan fingerprint density at radius 3 is 1.20 bits per heavy atom. The highest BCUT2D eigenvalue weighted by Crippen LogP contribution is 2.44. The van der Waals surface area contributed by atoms with E-state index in [0.29, 0.717) is 12.8 Å². The lowest BCUT2D eigenvalue weighted by molar-refractivity contribution is -0.408. The summed E-state index contributed by atoms with van der Waals surface area (Å²) in [5, 5.41) is 245. The van der Waals surface area contributed by atoms with E-state index in [0.717, 1.165) is 85.0 Å². The van der Waals surface area contributed by atoms with Crippen molar-refractivity contribution in [3.63, 3.8) is 0 Å². The summed E-state index contributed by atoms with van der Waals surface area (Å²) < 4.78 is 72.8. The Balaban J connectivity index is 1.27. The lowest BCUT2D eigenvalue weighted by atomic mass is 9.86. The average Bonchev–Trinajstić information content (AvgIpc) is 0.746. The molecule has 42 nitrogen and oxygen atoms in total. The molecule has 6 rings (SSSR count). The van der Waals surface area contributed by atoms with E-state index in [1.165, 1.54) is 128 Å². The van der Waals surface area contributed by atoms with Crippen molar-refractivity contribution in [2.45, 2.75) is 461 Å². The van der Waals surface area contributed by atoms with Gasteiger partial charge in [0, 0.05) is 45.4 Å². The molecule has 6 aliphatic rings. The number of aliphatic hydroxyl groups is 19. The number of carbonyl (C=O) groups excluding carboxylic acids is 4. The van der Waals surface area contributed by atoms with Gasteiger partial charge in [-0.3, -0.25) is 14.4 Å². The first kappa shape index (κ1) is 115. The number of unbranched alkanes of at least 4 members (excludes halogenated alkanes) is 29. The van der Waals surface area contributed by atoms with E-state index in [9.17, 15) is 136 Å². The van der Waals surface area contributed by atoms with Crippen molar-refractivity contribution in [2.24, 2.45) is 5.92 Å². The molecule has 6 heterocycles. The third kappa shape index (κ3) is 34.8. The second kappa shape index (κ2) is 59.7. The van der Waals surface area contributed by atoms with Crippen LogP contribution >= 0.6 is 0 Å². The quantitative estimate of drug-likeness (QED) is 0.0251. The fourth-order valence-electron chi connectivity index (χ4n) is 17.9. The molecule has 762 valence electrons. The van der Waals surface area contributed by atoms with Crippen molar-refractivity contribution >= 4 is 35.4 Å². The maximum absolute atomic E-state index is 14.1. The number of carboxylic acid groups (broad SMARTS) is 2. The van der Waals surface area contributed by atoms with Gasteiger partial charge in [-0.05, 0) is 26.2 Å². The van der Waals surface area contributed by atoms with Crippen molar-refractivity contribution < 1.29 is 193 Å². The lowest BCUT2D eigenvalue weighted by Crippen LogP contribution is -2.71. The molecule has 34 unspecified atom stereocenters. The molecule has 0 aromatic rings. The van der Waals surface area contributed by atoms with Crippen LogP contribution in [-0.2, 0) is 85.6 Å². The number of aliphatic hydroxyl groups excluding tert-OH is 19. The topological polar surface area (TPSA) is 674 Å². The van der Waals surface area contributed by atoms with E-state index < -0.39 is 308 Å². The molecular formula is C89H157N3O39. The number of allylic oxidation sites excluding steroid dienone is 1. The Labute approximate surface area is 766 Å². The first-order valence-electron chi connectivity index (χ1n) is 47.4. The molecule has 0 bridgehead atoms. The molecule has 0 radical (unpaired) electrons. The molecule has 0 aromatic heterocycles. The Morgan fingerprint density at radius 2 is 0.786 bits per heavy atom. The average molecular weight is 1890 g/mol. The Morgan fingerprint density at radius 1 is 0.420 bits per heavy atom. The zero-order valence-corrected chi connectivity index (χ0v) is 76.6. The summed E-state index contributed by atoms with van der Waals surface area (Å²) in [6.45, 7) is -0.599. The summed E-state index contributed by atoms with van der Waals surface area (Å²) in [6.07, 6.45) is -26.9. The normalized spacial score (nSPS) is 34.4. The van der Waals surface area contributed by atoms with Crippen molar-refractivity contribution in [2.75, 3.05) is 46.2 Å². The number of Topliss-reactive ketones (excluding diaryl/α,β-unsaturated/α-hetero) is 1. The van der Waals surface area contributed by atoms with Crippen LogP contribution in [0.4, 0.5) is 0 Å². The highest BCUT2D eigenvalue weighted by atomic mass is 16.8. The Hall–Kier alpha value is -4.48. The number of carbonyl (C=O) groups is 6. The van der Waals surface area contributed by atoms with Crippen LogP contribution in [0.15, 0.2) is 12.2 Å². The molecule has 6 fully saturated rings. The summed E-state index contributed by atoms with van der Waals surface area (Å²) in [7, 11) is 0. The van der Waals surface area contributed by atoms with E-state index in [-0.39, 0.29) is 6.42 Å². The number of nitrogens with one attached hydrogen (secondary N) is 3. The molecular weight excluding hydrogens is 1730 g/mol. The van der Waals surface area contributed by atoms with Crippen molar-refractivity contribution in [1.82, 2.24) is 16.0 Å². The summed E-state index contributed by atoms with van der Waals surface area (Å²) in [5.74, 6) is -16.1. The number of rotatable bonds is 64. The molecule has 0 aromatic carbocycles. The second-order valence-electron chi connectivity index (χ2n) is 36.0. The zero-order valence-electron chi connectivity index (χ0n) is 76.6. The number of ether oxygens (including phenoxy) is 12. The third-order valence-corrected chi connectivity index (χ3v) is 25.4. The summed E-state index contributed by atoms with van der Waals surface area (Å²) >= 11 is 0. The molecule has 131 heavy (non-hydrogen) atoms. The minimum atomic E-state index is -3.48. The predicted octanol–water partition coefficient (Wildman–Crippen LogP) is -1.22. The minimum absolute atomic E-state index is 0.0986. The summed E-state index contributed by atoms with van der Waals surface area (Å²) in [4.78, 5) is 79.8. The van der Waals surface area contributed by atoms with Gasteiger partial charge in [-0.25, -0.2) is 9.59 Å². The third-order valence-electron chi connectivity index (χ3n) is 25.4. The van der Waals surface area contributed by atoms with Gasteiger partial charge in [0.2, 0.25) is 17.7 Å². The van der Waals surface area contributed by atoms with Gasteiger partial charge in [-0.1, -0.05) is 206 Å². The van der Waals surface area contributed by atoms with Crippen LogP contribution in [0.3, 0.4) is 0 Å².